The molecule has 2 aliphatic rings. The van der Waals surface area contributed by atoms with Crippen molar-refractivity contribution >= 4 is 34.1 Å². The fourth-order valence-electron chi connectivity index (χ4n) is 3.81. The summed E-state index contributed by atoms with van der Waals surface area (Å²) in [6, 6.07) is 6.04. The average Bonchev–Trinajstić information content (AvgIpc) is 3.40. The number of ether oxygens (including phenoxy) is 2. The van der Waals surface area contributed by atoms with Crippen LogP contribution in [0.25, 0.3) is 0 Å². The van der Waals surface area contributed by atoms with Gasteiger partial charge in [0.1, 0.15) is 13.2 Å². The maximum atomic E-state index is 12.8. The lowest BCUT2D eigenvalue weighted by Crippen LogP contribution is -2.44. The summed E-state index contributed by atoms with van der Waals surface area (Å²) in [4.78, 5) is 12.8. The molecule has 9 heteroatoms. The van der Waals surface area contributed by atoms with Gasteiger partial charge in [-0.2, -0.15) is 0 Å². The number of thioether (sulfide) groups is 1. The molecule has 0 unspecified atom stereocenters. The molecular weight excluding hydrogens is 408 g/mol. The second-order valence-electron chi connectivity index (χ2n) is 7.28. The van der Waals surface area contributed by atoms with Gasteiger partial charge in [0.2, 0.25) is 11.0 Å². The molecule has 29 heavy (non-hydrogen) atoms. The molecule has 2 aromatic rings. The number of nitrogens with one attached hydrogen (secondary N) is 2. The summed E-state index contributed by atoms with van der Waals surface area (Å²) in [6.07, 6.45) is 5.11. The number of carbonyl (C=O) groups excluding carboxylic acids is 1. The minimum Gasteiger partial charge on any atom is -0.486 e. The Bertz CT molecular complexity index is 852. The minimum atomic E-state index is -0.331. The number of benzene rings is 1. The molecule has 1 saturated carbocycles. The summed E-state index contributed by atoms with van der Waals surface area (Å²) in [7, 11) is 0. The maximum absolute atomic E-state index is 12.8. The Kier molecular flexibility index (Phi) is 6.44. The maximum Gasteiger partial charge on any atom is 0.231 e. The van der Waals surface area contributed by atoms with E-state index in [9.17, 15) is 4.79 Å². The van der Waals surface area contributed by atoms with E-state index in [1.807, 2.05) is 12.1 Å². The fraction of sp³-hybridized carbons (Fsp3) is 0.550. The number of fused-ring (bicyclic) bond motifs is 1. The van der Waals surface area contributed by atoms with E-state index >= 15 is 0 Å². The van der Waals surface area contributed by atoms with E-state index in [0.717, 1.165) is 65.2 Å². The third kappa shape index (κ3) is 4.78. The van der Waals surface area contributed by atoms with Gasteiger partial charge in [0.15, 0.2) is 15.8 Å². The minimum absolute atomic E-state index is 0.0186. The predicted octanol–water partition coefficient (Wildman–Crippen LogP) is 3.81. The van der Waals surface area contributed by atoms with Gasteiger partial charge < -0.3 is 20.1 Å². The van der Waals surface area contributed by atoms with Gasteiger partial charge in [-0.05, 0) is 37.0 Å². The van der Waals surface area contributed by atoms with E-state index in [2.05, 4.69) is 33.8 Å². The van der Waals surface area contributed by atoms with Gasteiger partial charge in [-0.25, -0.2) is 0 Å². The molecule has 0 atom stereocenters. The number of anilines is 1. The van der Waals surface area contributed by atoms with Crippen molar-refractivity contribution in [2.24, 2.45) is 0 Å². The Morgan fingerprint density at radius 2 is 2.00 bits per heavy atom. The van der Waals surface area contributed by atoms with E-state index in [4.69, 9.17) is 9.47 Å². The van der Waals surface area contributed by atoms with Crippen LogP contribution in [0.1, 0.15) is 44.6 Å². The zero-order chi connectivity index (χ0) is 20.1. The van der Waals surface area contributed by atoms with Crippen molar-refractivity contribution in [3.05, 3.63) is 23.8 Å². The lowest BCUT2D eigenvalue weighted by molar-refractivity contribution is -0.120. The highest BCUT2D eigenvalue weighted by Gasteiger charge is 2.37. The molecule has 1 aliphatic carbocycles. The molecular formula is C20H26N4O3S2. The van der Waals surface area contributed by atoms with Crippen molar-refractivity contribution in [3.8, 4) is 11.5 Å². The molecule has 2 N–H and O–H groups in total. The van der Waals surface area contributed by atoms with Crippen LogP contribution in [0.5, 0.6) is 11.5 Å². The van der Waals surface area contributed by atoms with Crippen LogP contribution in [0.2, 0.25) is 0 Å². The summed E-state index contributed by atoms with van der Waals surface area (Å²) in [5.74, 6) is 1.89. The fourth-order valence-corrected chi connectivity index (χ4v) is 5.38. The second kappa shape index (κ2) is 9.21. The van der Waals surface area contributed by atoms with E-state index in [-0.39, 0.29) is 11.4 Å². The molecule has 4 rings (SSSR count). The van der Waals surface area contributed by atoms with Gasteiger partial charge in [0, 0.05) is 6.54 Å². The molecule has 0 bridgehead atoms. The lowest BCUT2D eigenvalue weighted by atomic mass is 9.87. The van der Waals surface area contributed by atoms with Gasteiger partial charge in [-0.15, -0.1) is 10.2 Å². The number of aromatic nitrogens is 2. The third-order valence-corrected chi connectivity index (χ3v) is 7.20. The summed E-state index contributed by atoms with van der Waals surface area (Å²) in [6.45, 7) is 4.11. The van der Waals surface area contributed by atoms with Gasteiger partial charge in [-0.3, -0.25) is 4.79 Å². The Labute approximate surface area is 179 Å². The molecule has 1 amide bonds. The van der Waals surface area contributed by atoms with Crippen molar-refractivity contribution in [1.29, 1.82) is 0 Å². The Morgan fingerprint density at radius 3 is 2.79 bits per heavy atom. The second-order valence-corrected chi connectivity index (χ2v) is 9.48. The van der Waals surface area contributed by atoms with E-state index in [0.29, 0.717) is 19.0 Å². The smallest absolute Gasteiger partial charge is 0.231 e. The van der Waals surface area contributed by atoms with Gasteiger partial charge in [-0.1, -0.05) is 48.9 Å². The quantitative estimate of drug-likeness (QED) is 0.611. The number of nitrogens with zero attached hydrogens (tertiary/aromatic N) is 2. The first-order valence-corrected chi connectivity index (χ1v) is 11.9. The standard InChI is InChI=1S/C20H26N4O3S2/c1-2-9-21-18-23-24-19(29-18)28-13-17(25)22-20(7-3-4-8-20)14-5-6-15-16(12-14)27-11-10-26-15/h5-6,12H,2-4,7-11,13H2,1H3,(H,21,23)(H,22,25). The molecule has 1 aromatic carbocycles. The topological polar surface area (TPSA) is 85.4 Å². The summed E-state index contributed by atoms with van der Waals surface area (Å²) in [5.41, 5.74) is 0.766. The number of hydrogen-bond donors (Lipinski definition) is 2. The van der Waals surface area contributed by atoms with Crippen molar-refractivity contribution in [2.45, 2.75) is 48.9 Å². The highest BCUT2D eigenvalue weighted by Crippen LogP contribution is 2.42. The van der Waals surface area contributed by atoms with Crippen LogP contribution in [-0.4, -0.2) is 41.6 Å². The van der Waals surface area contributed by atoms with Crippen LogP contribution >= 0.6 is 23.1 Å². The molecule has 0 spiro atoms. The Hall–Kier alpha value is -2.00. The molecule has 1 fully saturated rings. The zero-order valence-electron chi connectivity index (χ0n) is 16.5. The van der Waals surface area contributed by atoms with Crippen molar-refractivity contribution in [1.82, 2.24) is 15.5 Å². The van der Waals surface area contributed by atoms with Gasteiger partial charge in [0.05, 0.1) is 11.3 Å². The number of carbonyl (C=O) groups is 1. The molecule has 0 radical (unpaired) electrons. The number of hydrogen-bond acceptors (Lipinski definition) is 8. The van der Waals surface area contributed by atoms with E-state index in [1.165, 1.54) is 23.1 Å². The predicted molar refractivity (Wildman–Crippen MR) is 115 cm³/mol. The Morgan fingerprint density at radius 1 is 1.21 bits per heavy atom. The summed E-state index contributed by atoms with van der Waals surface area (Å²) < 4.78 is 12.2. The molecule has 2 heterocycles. The van der Waals surface area contributed by atoms with Crippen LogP contribution in [0, 0.1) is 0 Å². The largest absolute Gasteiger partial charge is 0.486 e. The van der Waals surface area contributed by atoms with Gasteiger partial charge in [0.25, 0.3) is 0 Å². The Balaban J connectivity index is 1.40. The van der Waals surface area contributed by atoms with Crippen molar-refractivity contribution in [2.75, 3.05) is 30.8 Å². The average molecular weight is 435 g/mol. The van der Waals surface area contributed by atoms with Crippen molar-refractivity contribution < 1.29 is 14.3 Å². The first kappa shape index (κ1) is 20.3. The molecule has 0 saturated heterocycles. The third-order valence-electron chi connectivity index (χ3n) is 5.19. The molecule has 156 valence electrons. The first-order chi connectivity index (χ1) is 14.2. The van der Waals surface area contributed by atoms with Crippen molar-refractivity contribution in [3.63, 3.8) is 0 Å². The first-order valence-electron chi connectivity index (χ1n) is 10.1. The monoisotopic (exact) mass is 434 g/mol. The van der Waals surface area contributed by atoms with Crippen LogP contribution in [0.15, 0.2) is 22.5 Å². The van der Waals surface area contributed by atoms with E-state index in [1.54, 1.807) is 0 Å². The van der Waals surface area contributed by atoms with E-state index < -0.39 is 0 Å². The normalized spacial score (nSPS) is 17.1. The lowest BCUT2D eigenvalue weighted by Gasteiger charge is -2.32. The summed E-state index contributed by atoms with van der Waals surface area (Å²) >= 11 is 2.92. The highest BCUT2D eigenvalue weighted by molar-refractivity contribution is 8.01. The van der Waals surface area contributed by atoms with Crippen LogP contribution in [-0.2, 0) is 10.3 Å². The number of rotatable bonds is 8. The molecule has 1 aliphatic heterocycles. The van der Waals surface area contributed by atoms with Crippen LogP contribution in [0.4, 0.5) is 5.13 Å². The molecule has 1 aromatic heterocycles. The SMILES string of the molecule is CCCNc1nnc(SCC(=O)NC2(c3ccc4c(c3)OCCO4)CCCC2)s1. The van der Waals surface area contributed by atoms with Gasteiger partial charge >= 0.3 is 0 Å². The highest BCUT2D eigenvalue weighted by atomic mass is 32.2. The molecule has 7 nitrogen and oxygen atoms in total. The van der Waals surface area contributed by atoms with Crippen LogP contribution < -0.4 is 20.1 Å². The summed E-state index contributed by atoms with van der Waals surface area (Å²) in [5, 5.41) is 15.6. The van der Waals surface area contributed by atoms with Crippen LogP contribution in [0.3, 0.4) is 0 Å². The zero-order valence-corrected chi connectivity index (χ0v) is 18.2. The number of amides is 1.